The Bertz CT molecular complexity index is 193. The van der Waals surface area contributed by atoms with Crippen molar-refractivity contribution in [2.24, 2.45) is 5.92 Å². The minimum absolute atomic E-state index is 0.177. The topological polar surface area (TPSA) is 38.3 Å². The summed E-state index contributed by atoms with van der Waals surface area (Å²) >= 11 is 5.58. The van der Waals surface area contributed by atoms with E-state index in [0.29, 0.717) is 0 Å². The minimum Gasteiger partial charge on any atom is -0.381 e. The van der Waals surface area contributed by atoms with Crippen LogP contribution in [0.25, 0.3) is 0 Å². The van der Waals surface area contributed by atoms with Crippen LogP contribution < -0.4 is 5.32 Å². The van der Waals surface area contributed by atoms with E-state index < -0.39 is 0 Å². The molecule has 0 aromatic carbocycles. The SMILES string of the molecule is O=C(NCCCCCCCl)C1CCOCC1. The number of hydrogen-bond donors (Lipinski definition) is 1. The molecule has 1 aliphatic heterocycles. The van der Waals surface area contributed by atoms with E-state index in [9.17, 15) is 4.79 Å². The summed E-state index contributed by atoms with van der Waals surface area (Å²) < 4.78 is 5.23. The summed E-state index contributed by atoms with van der Waals surface area (Å²) in [6, 6.07) is 0. The van der Waals surface area contributed by atoms with E-state index in [4.69, 9.17) is 16.3 Å². The maximum atomic E-state index is 11.7. The van der Waals surface area contributed by atoms with Crippen molar-refractivity contribution < 1.29 is 9.53 Å². The van der Waals surface area contributed by atoms with E-state index in [2.05, 4.69) is 5.32 Å². The zero-order valence-corrected chi connectivity index (χ0v) is 10.6. The van der Waals surface area contributed by atoms with Gasteiger partial charge in [0.15, 0.2) is 0 Å². The first-order valence-corrected chi connectivity index (χ1v) is 6.79. The van der Waals surface area contributed by atoms with Gasteiger partial charge >= 0.3 is 0 Å². The number of alkyl halides is 1. The molecule has 0 bridgehead atoms. The molecule has 1 fully saturated rings. The number of unbranched alkanes of at least 4 members (excludes halogenated alkanes) is 3. The van der Waals surface area contributed by atoms with Gasteiger partial charge in [-0.05, 0) is 25.7 Å². The maximum Gasteiger partial charge on any atom is 0.223 e. The lowest BCUT2D eigenvalue weighted by atomic mass is 9.99. The van der Waals surface area contributed by atoms with Crippen molar-refractivity contribution in [1.82, 2.24) is 5.32 Å². The van der Waals surface area contributed by atoms with Crippen molar-refractivity contribution in [1.29, 1.82) is 0 Å². The molecule has 0 saturated carbocycles. The number of carbonyl (C=O) groups excluding carboxylic acids is 1. The number of ether oxygens (including phenoxy) is 1. The number of carbonyl (C=O) groups is 1. The first-order valence-electron chi connectivity index (χ1n) is 6.26. The summed E-state index contributed by atoms with van der Waals surface area (Å²) in [5.41, 5.74) is 0. The molecule has 1 N–H and O–H groups in total. The van der Waals surface area contributed by atoms with E-state index in [1.807, 2.05) is 0 Å². The number of rotatable bonds is 7. The second kappa shape index (κ2) is 8.82. The van der Waals surface area contributed by atoms with E-state index in [-0.39, 0.29) is 11.8 Å². The van der Waals surface area contributed by atoms with Gasteiger partial charge in [0.05, 0.1) is 0 Å². The Balaban J connectivity index is 1.97. The highest BCUT2D eigenvalue weighted by molar-refractivity contribution is 6.17. The van der Waals surface area contributed by atoms with Crippen LogP contribution in [0.15, 0.2) is 0 Å². The molecule has 1 heterocycles. The molecule has 0 atom stereocenters. The van der Waals surface area contributed by atoms with Gasteiger partial charge in [0, 0.05) is 31.6 Å². The molecule has 3 nitrogen and oxygen atoms in total. The summed E-state index contributed by atoms with van der Waals surface area (Å²) in [6.45, 7) is 2.26. The molecule has 94 valence electrons. The van der Waals surface area contributed by atoms with Gasteiger partial charge in [0.1, 0.15) is 0 Å². The Morgan fingerprint density at radius 1 is 1.19 bits per heavy atom. The number of hydrogen-bond acceptors (Lipinski definition) is 2. The van der Waals surface area contributed by atoms with E-state index in [1.165, 1.54) is 0 Å². The van der Waals surface area contributed by atoms with Gasteiger partial charge in [-0.1, -0.05) is 12.8 Å². The van der Waals surface area contributed by atoms with Gasteiger partial charge in [-0.2, -0.15) is 0 Å². The largest absolute Gasteiger partial charge is 0.381 e. The smallest absolute Gasteiger partial charge is 0.223 e. The van der Waals surface area contributed by atoms with Crippen LogP contribution in [0.4, 0.5) is 0 Å². The number of nitrogens with one attached hydrogen (secondary N) is 1. The molecule has 1 saturated heterocycles. The fourth-order valence-electron chi connectivity index (χ4n) is 1.89. The van der Waals surface area contributed by atoms with Crippen LogP contribution in [0, 0.1) is 5.92 Å². The van der Waals surface area contributed by atoms with Crippen molar-refractivity contribution in [2.75, 3.05) is 25.6 Å². The third-order valence-electron chi connectivity index (χ3n) is 2.95. The van der Waals surface area contributed by atoms with Crippen LogP contribution in [0.1, 0.15) is 38.5 Å². The lowest BCUT2D eigenvalue weighted by molar-refractivity contribution is -0.127. The normalized spacial score (nSPS) is 17.3. The molecule has 4 heteroatoms. The third-order valence-corrected chi connectivity index (χ3v) is 3.22. The second-order valence-electron chi connectivity index (χ2n) is 4.28. The average molecular weight is 248 g/mol. The summed E-state index contributed by atoms with van der Waals surface area (Å²) in [5, 5.41) is 3.00. The molecule has 1 aliphatic rings. The number of halogens is 1. The second-order valence-corrected chi connectivity index (χ2v) is 4.66. The molecule has 0 aliphatic carbocycles. The van der Waals surface area contributed by atoms with Crippen molar-refractivity contribution in [3.8, 4) is 0 Å². The molecule has 0 aromatic rings. The van der Waals surface area contributed by atoms with Gasteiger partial charge in [0.2, 0.25) is 5.91 Å². The van der Waals surface area contributed by atoms with Gasteiger partial charge in [0.25, 0.3) is 0 Å². The third kappa shape index (κ3) is 5.71. The molecule has 1 amide bonds. The van der Waals surface area contributed by atoms with Crippen molar-refractivity contribution in [2.45, 2.75) is 38.5 Å². The van der Waals surface area contributed by atoms with Crippen molar-refractivity contribution in [3.05, 3.63) is 0 Å². The monoisotopic (exact) mass is 247 g/mol. The lowest BCUT2D eigenvalue weighted by Crippen LogP contribution is -2.34. The van der Waals surface area contributed by atoms with Crippen molar-refractivity contribution >= 4 is 17.5 Å². The van der Waals surface area contributed by atoms with Crippen LogP contribution in [-0.4, -0.2) is 31.5 Å². The lowest BCUT2D eigenvalue weighted by Gasteiger charge is -2.21. The number of amides is 1. The first-order chi connectivity index (χ1) is 7.84. The Labute approximate surface area is 103 Å². The summed E-state index contributed by atoms with van der Waals surface area (Å²) in [7, 11) is 0. The Kier molecular flexibility index (Phi) is 7.60. The van der Waals surface area contributed by atoms with Crippen LogP contribution >= 0.6 is 11.6 Å². The van der Waals surface area contributed by atoms with Gasteiger partial charge < -0.3 is 10.1 Å². The molecule has 16 heavy (non-hydrogen) atoms. The average Bonchev–Trinajstić information content (AvgIpc) is 2.34. The van der Waals surface area contributed by atoms with Gasteiger partial charge in [-0.15, -0.1) is 11.6 Å². The predicted octanol–water partition coefficient (Wildman–Crippen LogP) is 2.33. The zero-order valence-electron chi connectivity index (χ0n) is 9.84. The maximum absolute atomic E-state index is 11.7. The summed E-state index contributed by atoms with van der Waals surface area (Å²) in [5.74, 6) is 1.13. The Morgan fingerprint density at radius 2 is 1.88 bits per heavy atom. The minimum atomic E-state index is 0.177. The zero-order chi connectivity index (χ0) is 11.6. The van der Waals surface area contributed by atoms with E-state index >= 15 is 0 Å². The van der Waals surface area contributed by atoms with E-state index in [0.717, 1.165) is 64.2 Å². The summed E-state index contributed by atoms with van der Waals surface area (Å²) in [4.78, 5) is 11.7. The Morgan fingerprint density at radius 3 is 2.56 bits per heavy atom. The van der Waals surface area contributed by atoms with E-state index in [1.54, 1.807) is 0 Å². The first kappa shape index (κ1) is 13.8. The molecule has 0 aromatic heterocycles. The molecule has 0 unspecified atom stereocenters. The van der Waals surface area contributed by atoms with Crippen LogP contribution in [0.2, 0.25) is 0 Å². The highest BCUT2D eigenvalue weighted by Crippen LogP contribution is 2.14. The molecule has 0 radical (unpaired) electrons. The van der Waals surface area contributed by atoms with Crippen LogP contribution in [0.5, 0.6) is 0 Å². The Hall–Kier alpha value is -0.280. The summed E-state index contributed by atoms with van der Waals surface area (Å²) in [6.07, 6.45) is 6.20. The van der Waals surface area contributed by atoms with Gasteiger partial charge in [-0.3, -0.25) is 4.79 Å². The molecular weight excluding hydrogens is 226 g/mol. The standard InChI is InChI=1S/C12H22ClNO2/c13-7-3-1-2-4-8-14-12(15)11-5-9-16-10-6-11/h11H,1-10H2,(H,14,15). The molecule has 1 rings (SSSR count). The fourth-order valence-corrected chi connectivity index (χ4v) is 2.08. The fraction of sp³-hybridized carbons (Fsp3) is 0.917. The van der Waals surface area contributed by atoms with Crippen LogP contribution in [-0.2, 0) is 9.53 Å². The molecular formula is C12H22ClNO2. The van der Waals surface area contributed by atoms with Crippen molar-refractivity contribution in [3.63, 3.8) is 0 Å². The highest BCUT2D eigenvalue weighted by atomic mass is 35.5. The predicted molar refractivity (Wildman–Crippen MR) is 65.7 cm³/mol. The highest BCUT2D eigenvalue weighted by Gasteiger charge is 2.20. The molecule has 0 spiro atoms. The van der Waals surface area contributed by atoms with Crippen LogP contribution in [0.3, 0.4) is 0 Å². The quantitative estimate of drug-likeness (QED) is 0.554. The van der Waals surface area contributed by atoms with Gasteiger partial charge in [-0.25, -0.2) is 0 Å².